The highest BCUT2D eigenvalue weighted by atomic mass is 35.5. The van der Waals surface area contributed by atoms with E-state index in [2.05, 4.69) is 0 Å². The van der Waals surface area contributed by atoms with Crippen LogP contribution >= 0.6 is 12.4 Å². The first-order valence-corrected chi connectivity index (χ1v) is 10.8. The molecule has 2 aromatic carbocycles. The minimum absolute atomic E-state index is 0. The summed E-state index contributed by atoms with van der Waals surface area (Å²) in [6.07, 6.45) is -0.755. The lowest BCUT2D eigenvalue weighted by Crippen LogP contribution is -2.47. The van der Waals surface area contributed by atoms with Crippen LogP contribution < -0.4 is 5.73 Å². The zero-order valence-corrected chi connectivity index (χ0v) is 18.6. The highest BCUT2D eigenvalue weighted by Crippen LogP contribution is 2.27. The van der Waals surface area contributed by atoms with Gasteiger partial charge in [-0.2, -0.15) is 4.31 Å². The number of aliphatic hydroxyl groups is 1. The fourth-order valence-corrected chi connectivity index (χ4v) is 4.79. The number of aliphatic hydroxyl groups excluding tert-OH is 1. The van der Waals surface area contributed by atoms with Crippen molar-refractivity contribution in [2.45, 2.75) is 37.3 Å². The van der Waals surface area contributed by atoms with Crippen LogP contribution in [0.25, 0.3) is 0 Å². The van der Waals surface area contributed by atoms with Crippen molar-refractivity contribution in [3.8, 4) is 0 Å². The zero-order chi connectivity index (χ0) is 21.6. The first-order chi connectivity index (χ1) is 13.6. The summed E-state index contributed by atoms with van der Waals surface area (Å²) < 4.78 is 27.4. The zero-order valence-electron chi connectivity index (χ0n) is 16.9. The number of halogens is 1. The maximum atomic E-state index is 13.2. The van der Waals surface area contributed by atoms with E-state index in [0.29, 0.717) is 6.42 Å². The average molecular weight is 458 g/mol. The van der Waals surface area contributed by atoms with Gasteiger partial charge in [-0.1, -0.05) is 56.3 Å². The summed E-state index contributed by atoms with van der Waals surface area (Å²) in [5.41, 5.74) is 6.54. The molecule has 2 aromatic rings. The lowest BCUT2D eigenvalue weighted by Gasteiger charge is -2.28. The van der Waals surface area contributed by atoms with Crippen LogP contribution in [-0.2, 0) is 16.4 Å². The third kappa shape index (κ3) is 6.75. The summed E-state index contributed by atoms with van der Waals surface area (Å²) in [4.78, 5) is 10.2. The largest absolute Gasteiger partial charge is 0.390 e. The maximum Gasteiger partial charge on any atom is 0.289 e. The molecule has 2 rings (SSSR count). The van der Waals surface area contributed by atoms with E-state index in [4.69, 9.17) is 5.73 Å². The summed E-state index contributed by atoms with van der Waals surface area (Å²) in [6, 6.07) is 13.9. The first-order valence-electron chi connectivity index (χ1n) is 9.34. The van der Waals surface area contributed by atoms with Crippen LogP contribution in [0.15, 0.2) is 59.5 Å². The van der Waals surface area contributed by atoms with Gasteiger partial charge in [0.25, 0.3) is 5.69 Å². The number of hydrogen-bond acceptors (Lipinski definition) is 6. The van der Waals surface area contributed by atoms with Crippen LogP contribution in [0.1, 0.15) is 19.4 Å². The van der Waals surface area contributed by atoms with E-state index in [9.17, 15) is 23.6 Å². The summed E-state index contributed by atoms with van der Waals surface area (Å²) in [6.45, 7) is 3.51. The molecular formula is C20H28ClN3O5S. The number of hydrogen-bond donors (Lipinski definition) is 2. The van der Waals surface area contributed by atoms with Gasteiger partial charge in [-0.3, -0.25) is 10.1 Å². The monoisotopic (exact) mass is 457 g/mol. The van der Waals surface area contributed by atoms with Crippen LogP contribution in [0.4, 0.5) is 5.69 Å². The number of nitro groups is 1. The van der Waals surface area contributed by atoms with Crippen molar-refractivity contribution in [3.05, 3.63) is 70.3 Å². The Morgan fingerprint density at radius 2 is 1.63 bits per heavy atom. The lowest BCUT2D eigenvalue weighted by molar-refractivity contribution is -0.387. The summed E-state index contributed by atoms with van der Waals surface area (Å²) in [5, 5.41) is 21.9. The van der Waals surface area contributed by atoms with Crippen LogP contribution in [-0.4, -0.2) is 48.0 Å². The highest BCUT2D eigenvalue weighted by molar-refractivity contribution is 7.89. The first kappa shape index (κ1) is 26.0. The Balaban J connectivity index is 0.00000450. The van der Waals surface area contributed by atoms with Crippen molar-refractivity contribution >= 4 is 28.1 Å². The molecule has 30 heavy (non-hydrogen) atoms. The van der Waals surface area contributed by atoms with Crippen molar-refractivity contribution < 1.29 is 18.4 Å². The molecule has 0 aliphatic heterocycles. The van der Waals surface area contributed by atoms with Gasteiger partial charge in [-0.25, -0.2) is 8.42 Å². The van der Waals surface area contributed by atoms with Gasteiger partial charge in [0.05, 0.1) is 11.0 Å². The smallest absolute Gasteiger partial charge is 0.289 e. The normalized spacial score (nSPS) is 13.7. The van der Waals surface area contributed by atoms with Gasteiger partial charge in [0.1, 0.15) is 0 Å². The fourth-order valence-electron chi connectivity index (χ4n) is 3.01. The summed E-state index contributed by atoms with van der Waals surface area (Å²) in [5.74, 6) is -0.0508. The quantitative estimate of drug-likeness (QED) is 0.417. The second-order valence-electron chi connectivity index (χ2n) is 7.36. The van der Waals surface area contributed by atoms with E-state index in [1.807, 2.05) is 44.2 Å². The second-order valence-corrected chi connectivity index (χ2v) is 9.27. The highest BCUT2D eigenvalue weighted by Gasteiger charge is 2.34. The molecular weight excluding hydrogens is 430 g/mol. The standard InChI is InChI=1S/C20H27N3O5S.ClH/c1-15(2)13-22(14-19(24)17(21)12-16-8-4-3-5-9-16)29(27,28)20-11-7-6-10-18(20)23(25)26;/h3-11,15,17,19,24H,12-14,21H2,1-2H3;1H. The number of nitrogens with two attached hydrogens (primary N) is 1. The van der Waals surface area contributed by atoms with Crippen LogP contribution in [0.2, 0.25) is 0 Å². The number of nitro benzene ring substituents is 1. The predicted molar refractivity (Wildman–Crippen MR) is 118 cm³/mol. The van der Waals surface area contributed by atoms with Gasteiger partial charge >= 0.3 is 0 Å². The van der Waals surface area contributed by atoms with Crippen molar-refractivity contribution in [3.63, 3.8) is 0 Å². The molecule has 3 N–H and O–H groups in total. The van der Waals surface area contributed by atoms with Crippen molar-refractivity contribution in [1.29, 1.82) is 0 Å². The molecule has 0 heterocycles. The number of sulfonamides is 1. The fraction of sp³-hybridized carbons (Fsp3) is 0.400. The topological polar surface area (TPSA) is 127 Å². The third-order valence-electron chi connectivity index (χ3n) is 4.45. The van der Waals surface area contributed by atoms with Gasteiger partial charge in [-0.15, -0.1) is 12.4 Å². The SMILES string of the molecule is CC(C)CN(CC(O)C(N)Cc1ccccc1)S(=O)(=O)c1ccccc1[N+](=O)[O-].Cl. The number of nitrogens with zero attached hydrogens (tertiary/aromatic N) is 2. The second kappa shape index (κ2) is 11.4. The lowest BCUT2D eigenvalue weighted by atomic mass is 10.0. The summed E-state index contributed by atoms with van der Waals surface area (Å²) in [7, 11) is -4.20. The van der Waals surface area contributed by atoms with Gasteiger partial charge in [-0.05, 0) is 24.0 Å². The van der Waals surface area contributed by atoms with E-state index in [1.165, 1.54) is 18.2 Å². The van der Waals surface area contributed by atoms with Gasteiger partial charge in [0, 0.05) is 25.2 Å². The van der Waals surface area contributed by atoms with E-state index in [0.717, 1.165) is 15.9 Å². The molecule has 0 aliphatic rings. The van der Waals surface area contributed by atoms with E-state index < -0.39 is 37.7 Å². The Morgan fingerprint density at radius 3 is 2.20 bits per heavy atom. The number of para-hydroxylation sites is 1. The van der Waals surface area contributed by atoms with Gasteiger partial charge in [0.2, 0.25) is 10.0 Å². The Kier molecular flexibility index (Phi) is 9.86. The van der Waals surface area contributed by atoms with Gasteiger partial charge < -0.3 is 10.8 Å². The average Bonchev–Trinajstić information content (AvgIpc) is 2.67. The Bertz CT molecular complexity index is 925. The van der Waals surface area contributed by atoms with E-state index in [1.54, 1.807) is 0 Å². The molecule has 0 amide bonds. The molecule has 2 unspecified atom stereocenters. The molecule has 0 saturated carbocycles. The molecule has 166 valence electrons. The molecule has 0 aromatic heterocycles. The number of rotatable bonds is 10. The maximum absolute atomic E-state index is 13.2. The van der Waals surface area contributed by atoms with Crippen molar-refractivity contribution in [1.82, 2.24) is 4.31 Å². The Hall–Kier alpha value is -2.04. The van der Waals surface area contributed by atoms with Crippen LogP contribution in [0.5, 0.6) is 0 Å². The third-order valence-corrected chi connectivity index (χ3v) is 6.33. The molecule has 8 nitrogen and oxygen atoms in total. The minimum Gasteiger partial charge on any atom is -0.390 e. The minimum atomic E-state index is -4.20. The predicted octanol–water partition coefficient (Wildman–Crippen LogP) is 2.59. The molecule has 2 atom stereocenters. The van der Waals surface area contributed by atoms with Crippen molar-refractivity contribution in [2.75, 3.05) is 13.1 Å². The van der Waals surface area contributed by atoms with E-state index in [-0.39, 0.29) is 31.4 Å². The molecule has 0 fully saturated rings. The number of benzene rings is 2. The Labute approximate surface area is 183 Å². The van der Waals surface area contributed by atoms with Gasteiger partial charge in [0.15, 0.2) is 4.90 Å². The van der Waals surface area contributed by atoms with Crippen molar-refractivity contribution in [2.24, 2.45) is 11.7 Å². The molecule has 0 aliphatic carbocycles. The van der Waals surface area contributed by atoms with E-state index >= 15 is 0 Å². The molecule has 0 saturated heterocycles. The van der Waals surface area contributed by atoms with Crippen LogP contribution in [0.3, 0.4) is 0 Å². The molecule has 0 bridgehead atoms. The molecule has 0 spiro atoms. The molecule has 10 heteroatoms. The Morgan fingerprint density at radius 1 is 1.07 bits per heavy atom. The molecule has 0 radical (unpaired) electrons. The van der Waals surface area contributed by atoms with Crippen LogP contribution in [0, 0.1) is 16.0 Å². The summed E-state index contributed by atoms with van der Waals surface area (Å²) >= 11 is 0.